The molecule has 0 radical (unpaired) electrons. The maximum atomic E-state index is 5.93. The van der Waals surface area contributed by atoms with Gasteiger partial charge in [-0.15, -0.1) is 0 Å². The molecule has 0 aliphatic rings. The van der Waals surface area contributed by atoms with Crippen LogP contribution in [0.2, 0.25) is 0 Å². The third kappa shape index (κ3) is 11.5. The fraction of sp³-hybridized carbons (Fsp3) is 0.455. The largest absolute Gasteiger partial charge is 0.492 e. The molecule has 0 bridgehead atoms. The van der Waals surface area contributed by atoms with Gasteiger partial charge in [0.25, 0.3) is 0 Å². The number of hydrogen-bond donors (Lipinski definition) is 4. The Morgan fingerprint density at radius 2 is 1.00 bits per heavy atom. The summed E-state index contributed by atoms with van der Waals surface area (Å²) in [5.41, 5.74) is 0. The molecule has 0 amide bonds. The van der Waals surface area contributed by atoms with Gasteiger partial charge >= 0.3 is 0 Å². The summed E-state index contributed by atoms with van der Waals surface area (Å²) in [5.74, 6) is 7.16. The molecule has 0 saturated carbocycles. The van der Waals surface area contributed by atoms with Gasteiger partial charge in [-0.1, -0.05) is 11.8 Å². The van der Waals surface area contributed by atoms with E-state index < -0.39 is 0 Å². The van der Waals surface area contributed by atoms with Crippen LogP contribution >= 0.6 is 85.8 Å². The van der Waals surface area contributed by atoms with Crippen molar-refractivity contribution in [3.05, 3.63) is 48.5 Å². The van der Waals surface area contributed by atoms with Gasteiger partial charge in [0, 0.05) is 43.3 Å². The average molecular weight is 551 g/mol. The second-order valence-corrected chi connectivity index (χ2v) is 12.1. The third-order valence-electron chi connectivity index (χ3n) is 4.05. The lowest BCUT2D eigenvalue weighted by Crippen LogP contribution is -2.17. The van der Waals surface area contributed by atoms with E-state index in [1.807, 2.05) is 47.8 Å². The maximum absolute atomic E-state index is 5.93. The van der Waals surface area contributed by atoms with Crippen molar-refractivity contribution in [2.24, 2.45) is 0 Å². The summed E-state index contributed by atoms with van der Waals surface area (Å²) < 4.78 is 11.9. The van der Waals surface area contributed by atoms with Crippen LogP contribution in [0.1, 0.15) is 0 Å². The van der Waals surface area contributed by atoms with E-state index in [-0.39, 0.29) is 0 Å². The summed E-state index contributed by atoms with van der Waals surface area (Å²) in [6.07, 6.45) is 0. The van der Waals surface area contributed by atoms with E-state index in [1.165, 1.54) is 9.79 Å². The van der Waals surface area contributed by atoms with Crippen LogP contribution in [0.3, 0.4) is 0 Å². The lowest BCUT2D eigenvalue weighted by molar-refractivity contribution is 0.323. The van der Waals surface area contributed by atoms with Crippen LogP contribution in [0.25, 0.3) is 0 Å². The quantitative estimate of drug-likeness (QED) is 0.178. The zero-order valence-corrected chi connectivity index (χ0v) is 23.3. The predicted octanol–water partition coefficient (Wildman–Crippen LogP) is 6.52. The van der Waals surface area contributed by atoms with Gasteiger partial charge in [-0.25, -0.2) is 0 Å². The SMILES string of the molecule is SCCSC(CS)COc1ccc(Sc2ccc(OCC(CS)SCCS)cc2)cc1. The van der Waals surface area contributed by atoms with Gasteiger partial charge in [0.15, 0.2) is 0 Å². The van der Waals surface area contributed by atoms with Gasteiger partial charge in [-0.05, 0) is 60.0 Å². The van der Waals surface area contributed by atoms with Crippen molar-refractivity contribution in [3.8, 4) is 11.5 Å². The molecule has 2 aromatic carbocycles. The molecule has 0 spiro atoms. The molecule has 2 unspecified atom stereocenters. The number of hydrogen-bond acceptors (Lipinski definition) is 9. The molecule has 0 aliphatic carbocycles. The van der Waals surface area contributed by atoms with Gasteiger partial charge in [-0.2, -0.15) is 74.0 Å². The van der Waals surface area contributed by atoms with E-state index in [9.17, 15) is 0 Å². The smallest absolute Gasteiger partial charge is 0.119 e. The van der Waals surface area contributed by atoms with Crippen LogP contribution in [-0.2, 0) is 0 Å². The van der Waals surface area contributed by atoms with Crippen molar-refractivity contribution in [1.82, 2.24) is 0 Å². The molecule has 0 aromatic heterocycles. The molecule has 2 aromatic rings. The Kier molecular flexibility index (Phi) is 15.2. The van der Waals surface area contributed by atoms with E-state index in [0.717, 1.165) is 46.0 Å². The molecule has 2 rings (SSSR count). The molecule has 0 saturated heterocycles. The molecule has 0 aliphatic heterocycles. The minimum atomic E-state index is 0.384. The zero-order valence-electron chi connectivity index (χ0n) is 17.3. The number of ether oxygens (including phenoxy) is 2. The Morgan fingerprint density at radius 1 is 0.613 bits per heavy atom. The predicted molar refractivity (Wildman–Crippen MR) is 156 cm³/mol. The first-order chi connectivity index (χ1) is 15.2. The van der Waals surface area contributed by atoms with Crippen LogP contribution in [-0.4, -0.2) is 58.2 Å². The molecule has 9 heteroatoms. The van der Waals surface area contributed by atoms with Crippen molar-refractivity contribution >= 4 is 85.8 Å². The van der Waals surface area contributed by atoms with Crippen LogP contribution in [0.5, 0.6) is 11.5 Å². The monoisotopic (exact) mass is 550 g/mol. The van der Waals surface area contributed by atoms with Gasteiger partial charge in [0.05, 0.1) is 0 Å². The molecule has 0 N–H and O–H groups in total. The minimum Gasteiger partial charge on any atom is -0.492 e. The number of rotatable bonds is 16. The zero-order chi connectivity index (χ0) is 22.3. The Hall–Kier alpha value is 0.490. The maximum Gasteiger partial charge on any atom is 0.119 e. The lowest BCUT2D eigenvalue weighted by Gasteiger charge is -2.15. The molecule has 0 heterocycles. The Labute approximate surface area is 221 Å². The normalized spacial score (nSPS) is 13.0. The van der Waals surface area contributed by atoms with Crippen molar-refractivity contribution in [2.45, 2.75) is 20.3 Å². The summed E-state index contributed by atoms with van der Waals surface area (Å²) in [7, 11) is 0. The van der Waals surface area contributed by atoms with Gasteiger partial charge in [-0.3, -0.25) is 0 Å². The van der Waals surface area contributed by atoms with E-state index in [4.69, 9.17) is 9.47 Å². The van der Waals surface area contributed by atoms with E-state index in [1.54, 1.807) is 11.8 Å². The van der Waals surface area contributed by atoms with E-state index in [0.29, 0.717) is 23.7 Å². The van der Waals surface area contributed by atoms with Crippen molar-refractivity contribution in [1.29, 1.82) is 0 Å². The van der Waals surface area contributed by atoms with Gasteiger partial charge in [0.2, 0.25) is 0 Å². The number of benzene rings is 2. The summed E-state index contributed by atoms with van der Waals surface area (Å²) in [5, 5.41) is 0.768. The standard InChI is InChI=1S/C22H30O2S7/c25-9-11-29-21(15-27)13-23-17-1-5-19(6-2-17)31-20-7-3-18(4-8-20)24-14-22(16-28)30-12-10-26/h1-8,21-22,25-28H,9-16H2. The summed E-state index contributed by atoms with van der Waals surface area (Å²) in [6.45, 7) is 1.33. The fourth-order valence-electron chi connectivity index (χ4n) is 2.47. The van der Waals surface area contributed by atoms with Crippen LogP contribution in [0.15, 0.2) is 58.3 Å². The highest BCUT2D eigenvalue weighted by Crippen LogP contribution is 2.30. The van der Waals surface area contributed by atoms with E-state index >= 15 is 0 Å². The summed E-state index contributed by atoms with van der Waals surface area (Å²) >= 11 is 22.8. The second kappa shape index (κ2) is 17.0. The minimum absolute atomic E-state index is 0.384. The fourth-order valence-corrected chi connectivity index (χ4v) is 6.18. The topological polar surface area (TPSA) is 18.5 Å². The summed E-state index contributed by atoms with van der Waals surface area (Å²) in [6, 6.07) is 16.5. The molecule has 2 nitrogen and oxygen atoms in total. The van der Waals surface area contributed by atoms with Gasteiger partial charge < -0.3 is 9.47 Å². The van der Waals surface area contributed by atoms with Gasteiger partial charge in [0.1, 0.15) is 24.7 Å². The molecular weight excluding hydrogens is 521 g/mol. The number of thioether (sulfide) groups is 2. The Morgan fingerprint density at radius 3 is 1.32 bits per heavy atom. The first-order valence-corrected chi connectivity index (χ1v) is 15.4. The number of thiol groups is 4. The molecule has 2 atom stereocenters. The van der Waals surface area contributed by atoms with E-state index in [2.05, 4.69) is 74.8 Å². The summed E-state index contributed by atoms with van der Waals surface area (Å²) in [4.78, 5) is 2.35. The van der Waals surface area contributed by atoms with Crippen LogP contribution in [0.4, 0.5) is 0 Å². The highest BCUT2D eigenvalue weighted by atomic mass is 32.2. The lowest BCUT2D eigenvalue weighted by atomic mass is 10.3. The first-order valence-electron chi connectivity index (χ1n) is 9.98. The van der Waals surface area contributed by atoms with Crippen molar-refractivity contribution in [3.63, 3.8) is 0 Å². The second-order valence-electron chi connectivity index (χ2n) is 6.46. The highest BCUT2D eigenvalue weighted by molar-refractivity contribution is 8.01. The Bertz CT molecular complexity index is 651. The Balaban J connectivity index is 1.79. The highest BCUT2D eigenvalue weighted by Gasteiger charge is 2.09. The molecule has 172 valence electrons. The average Bonchev–Trinajstić information content (AvgIpc) is 2.81. The first kappa shape index (κ1) is 27.7. The molecule has 31 heavy (non-hydrogen) atoms. The van der Waals surface area contributed by atoms with Crippen molar-refractivity contribution in [2.75, 3.05) is 47.7 Å². The van der Waals surface area contributed by atoms with Crippen LogP contribution in [0, 0.1) is 0 Å². The van der Waals surface area contributed by atoms with Crippen LogP contribution < -0.4 is 9.47 Å². The molecular formula is C22H30O2S7. The van der Waals surface area contributed by atoms with Crippen molar-refractivity contribution < 1.29 is 9.47 Å². The molecule has 0 fully saturated rings. The third-order valence-corrected chi connectivity index (χ3v) is 9.92.